The number of nitrogens with one attached hydrogen (secondary N) is 1. The molecule has 1 atom stereocenters. The van der Waals surface area contributed by atoms with Crippen molar-refractivity contribution in [2.75, 3.05) is 26.7 Å². The van der Waals surface area contributed by atoms with Crippen molar-refractivity contribution in [1.29, 1.82) is 0 Å². The Morgan fingerprint density at radius 2 is 1.88 bits per heavy atom. The third kappa shape index (κ3) is 7.03. The van der Waals surface area contributed by atoms with Gasteiger partial charge in [-0.25, -0.2) is 0 Å². The van der Waals surface area contributed by atoms with Crippen molar-refractivity contribution in [3.8, 4) is 0 Å². The summed E-state index contributed by atoms with van der Waals surface area (Å²) in [6, 6.07) is -0.299. The van der Waals surface area contributed by atoms with Crippen LogP contribution >= 0.6 is 0 Å². The van der Waals surface area contributed by atoms with Gasteiger partial charge in [0.15, 0.2) is 0 Å². The highest BCUT2D eigenvalue weighted by atomic mass is 19.4. The Bertz CT molecular complexity index is 181. The van der Waals surface area contributed by atoms with Crippen LogP contribution in [0.3, 0.4) is 0 Å². The zero-order chi connectivity index (χ0) is 12.8. The van der Waals surface area contributed by atoms with E-state index in [-0.39, 0.29) is 18.7 Å². The van der Waals surface area contributed by atoms with Crippen LogP contribution in [0, 0.1) is 0 Å². The normalized spacial score (nSPS) is 14.8. The Balaban J connectivity index is 4.14. The fourth-order valence-electron chi connectivity index (χ4n) is 1.40. The summed E-state index contributed by atoms with van der Waals surface area (Å²) in [7, 11) is 1.68. The highest BCUT2D eigenvalue weighted by Crippen LogP contribution is 2.18. The molecule has 0 fully saturated rings. The molecule has 2 N–H and O–H groups in total. The summed E-state index contributed by atoms with van der Waals surface area (Å²) in [6.45, 7) is 2.84. The predicted octanol–water partition coefficient (Wildman–Crippen LogP) is 1.23. The minimum absolute atomic E-state index is 0.0611. The van der Waals surface area contributed by atoms with Gasteiger partial charge in [0.2, 0.25) is 0 Å². The summed E-state index contributed by atoms with van der Waals surface area (Å²) in [6.07, 6.45) is -3.67. The van der Waals surface area contributed by atoms with Crippen LogP contribution in [0.15, 0.2) is 0 Å². The van der Waals surface area contributed by atoms with Crippen LogP contribution in [0.25, 0.3) is 0 Å². The summed E-state index contributed by atoms with van der Waals surface area (Å²) in [5, 5.41) is 11.8. The number of alkyl halides is 3. The number of halogens is 3. The topological polar surface area (TPSA) is 35.5 Å². The second-order valence-corrected chi connectivity index (χ2v) is 4.14. The van der Waals surface area contributed by atoms with Crippen LogP contribution in [0.2, 0.25) is 0 Å². The molecule has 0 saturated heterocycles. The van der Waals surface area contributed by atoms with Gasteiger partial charge in [-0.05, 0) is 27.3 Å². The lowest BCUT2D eigenvalue weighted by Crippen LogP contribution is -2.42. The molecule has 16 heavy (non-hydrogen) atoms. The molecule has 0 amide bonds. The third-order valence-electron chi connectivity index (χ3n) is 2.51. The first-order valence-electron chi connectivity index (χ1n) is 5.39. The molecule has 0 radical (unpaired) electrons. The molecule has 3 nitrogen and oxygen atoms in total. The lowest BCUT2D eigenvalue weighted by atomic mass is 10.2. The number of hydrogen-bond donors (Lipinski definition) is 2. The largest absolute Gasteiger partial charge is 0.401 e. The van der Waals surface area contributed by atoms with Crippen LogP contribution in [-0.2, 0) is 0 Å². The second kappa shape index (κ2) is 7.09. The molecule has 0 rings (SSSR count). The molecule has 0 aromatic carbocycles. The first-order chi connectivity index (χ1) is 7.30. The SMILES string of the molecule is CNC(CO)CCN(CC(F)(F)F)C(C)C. The Hall–Kier alpha value is -0.330. The number of nitrogens with zero attached hydrogens (tertiary/aromatic N) is 1. The Labute approximate surface area is 94.6 Å². The molecule has 0 saturated carbocycles. The van der Waals surface area contributed by atoms with Crippen LogP contribution in [0.5, 0.6) is 0 Å². The van der Waals surface area contributed by atoms with E-state index in [0.717, 1.165) is 0 Å². The van der Waals surface area contributed by atoms with Crippen LogP contribution in [-0.4, -0.2) is 55.0 Å². The lowest BCUT2D eigenvalue weighted by Gasteiger charge is -2.28. The molecule has 0 aliphatic rings. The fourth-order valence-corrected chi connectivity index (χ4v) is 1.40. The molecule has 6 heteroatoms. The minimum atomic E-state index is -4.17. The lowest BCUT2D eigenvalue weighted by molar-refractivity contribution is -0.149. The molecule has 0 aromatic heterocycles. The van der Waals surface area contributed by atoms with Gasteiger partial charge in [-0.3, -0.25) is 4.90 Å². The van der Waals surface area contributed by atoms with E-state index in [1.54, 1.807) is 20.9 Å². The maximum Gasteiger partial charge on any atom is 0.401 e. The van der Waals surface area contributed by atoms with Gasteiger partial charge in [0, 0.05) is 18.6 Å². The first-order valence-corrected chi connectivity index (χ1v) is 5.39. The maximum absolute atomic E-state index is 12.2. The van der Waals surface area contributed by atoms with Crippen molar-refractivity contribution >= 4 is 0 Å². The van der Waals surface area contributed by atoms with Gasteiger partial charge < -0.3 is 10.4 Å². The predicted molar refractivity (Wildman–Crippen MR) is 57.3 cm³/mol. The monoisotopic (exact) mass is 242 g/mol. The van der Waals surface area contributed by atoms with E-state index in [1.807, 2.05) is 0 Å². The number of likely N-dealkylation sites (N-methyl/N-ethyl adjacent to an activating group) is 1. The molecule has 0 bridgehead atoms. The average Bonchev–Trinajstić information content (AvgIpc) is 2.15. The van der Waals surface area contributed by atoms with Gasteiger partial charge in [0.25, 0.3) is 0 Å². The van der Waals surface area contributed by atoms with E-state index in [1.165, 1.54) is 4.90 Å². The van der Waals surface area contributed by atoms with Gasteiger partial charge in [-0.1, -0.05) is 0 Å². The van der Waals surface area contributed by atoms with Crippen molar-refractivity contribution in [3.05, 3.63) is 0 Å². The molecule has 0 spiro atoms. The van der Waals surface area contributed by atoms with E-state index in [9.17, 15) is 13.2 Å². The number of aliphatic hydroxyl groups excluding tert-OH is 1. The van der Waals surface area contributed by atoms with Gasteiger partial charge in [0.1, 0.15) is 0 Å². The summed E-state index contributed by atoms with van der Waals surface area (Å²) in [5.41, 5.74) is 0. The van der Waals surface area contributed by atoms with Crippen LogP contribution in [0.4, 0.5) is 13.2 Å². The third-order valence-corrected chi connectivity index (χ3v) is 2.51. The summed E-state index contributed by atoms with van der Waals surface area (Å²) < 4.78 is 36.7. The van der Waals surface area contributed by atoms with E-state index in [4.69, 9.17) is 5.11 Å². The first kappa shape index (κ1) is 15.7. The minimum Gasteiger partial charge on any atom is -0.395 e. The van der Waals surface area contributed by atoms with Gasteiger partial charge >= 0.3 is 6.18 Å². The van der Waals surface area contributed by atoms with Crippen LogP contribution in [0.1, 0.15) is 20.3 Å². The van der Waals surface area contributed by atoms with Crippen molar-refractivity contribution < 1.29 is 18.3 Å². The molecule has 0 aliphatic carbocycles. The standard InChI is InChI=1S/C10H21F3N2O/c1-8(2)15(7-10(11,12)13)5-4-9(6-16)14-3/h8-9,14,16H,4-7H2,1-3H3. The highest BCUT2D eigenvalue weighted by Gasteiger charge is 2.31. The maximum atomic E-state index is 12.2. The highest BCUT2D eigenvalue weighted by molar-refractivity contribution is 4.71. The van der Waals surface area contributed by atoms with Crippen molar-refractivity contribution in [2.24, 2.45) is 0 Å². The number of rotatable bonds is 7. The number of hydrogen-bond acceptors (Lipinski definition) is 3. The van der Waals surface area contributed by atoms with E-state index in [2.05, 4.69) is 5.32 Å². The smallest absolute Gasteiger partial charge is 0.395 e. The van der Waals surface area contributed by atoms with E-state index in [0.29, 0.717) is 13.0 Å². The van der Waals surface area contributed by atoms with Crippen molar-refractivity contribution in [2.45, 2.75) is 38.5 Å². The molecule has 0 aromatic rings. The summed E-state index contributed by atoms with van der Waals surface area (Å²) in [4.78, 5) is 1.36. The second-order valence-electron chi connectivity index (χ2n) is 4.14. The molecule has 0 heterocycles. The Morgan fingerprint density at radius 1 is 1.31 bits per heavy atom. The zero-order valence-corrected chi connectivity index (χ0v) is 10.0. The molecule has 98 valence electrons. The van der Waals surface area contributed by atoms with Crippen LogP contribution < -0.4 is 5.32 Å². The molecular weight excluding hydrogens is 221 g/mol. The summed E-state index contributed by atoms with van der Waals surface area (Å²) in [5.74, 6) is 0. The molecule has 0 aliphatic heterocycles. The quantitative estimate of drug-likeness (QED) is 0.705. The van der Waals surface area contributed by atoms with E-state index >= 15 is 0 Å². The zero-order valence-electron chi connectivity index (χ0n) is 10.0. The average molecular weight is 242 g/mol. The van der Waals surface area contributed by atoms with Gasteiger partial charge in [-0.15, -0.1) is 0 Å². The van der Waals surface area contributed by atoms with Crippen molar-refractivity contribution in [3.63, 3.8) is 0 Å². The van der Waals surface area contributed by atoms with E-state index < -0.39 is 12.7 Å². The van der Waals surface area contributed by atoms with Crippen molar-refractivity contribution in [1.82, 2.24) is 10.2 Å². The van der Waals surface area contributed by atoms with Gasteiger partial charge in [0.05, 0.1) is 13.2 Å². The number of aliphatic hydroxyl groups is 1. The Kier molecular flexibility index (Phi) is 6.94. The van der Waals surface area contributed by atoms with Gasteiger partial charge in [-0.2, -0.15) is 13.2 Å². The fraction of sp³-hybridized carbons (Fsp3) is 1.00. The molecule has 1 unspecified atom stereocenters. The molecular formula is C10H21F3N2O. The Morgan fingerprint density at radius 3 is 2.19 bits per heavy atom. The summed E-state index contributed by atoms with van der Waals surface area (Å²) >= 11 is 0.